The van der Waals surface area contributed by atoms with Gasteiger partial charge < -0.3 is 4.98 Å². The molecule has 3 nitrogen and oxygen atoms in total. The first-order chi connectivity index (χ1) is 16.7. The Bertz CT molecular complexity index is 1530. The summed E-state index contributed by atoms with van der Waals surface area (Å²) < 4.78 is 13.9. The average Bonchev–Trinajstić information content (AvgIpc) is 3.26. The molecule has 0 aliphatic carbocycles. The summed E-state index contributed by atoms with van der Waals surface area (Å²) in [4.78, 5) is 21.1. The number of aliphatic imine (C=N–C) groups is 1. The lowest BCUT2D eigenvalue weighted by Gasteiger charge is -2.03. The summed E-state index contributed by atoms with van der Waals surface area (Å²) in [5.41, 5.74) is 5.35. The Morgan fingerprint density at radius 1 is 0.794 bits per heavy atom. The van der Waals surface area contributed by atoms with Gasteiger partial charge in [0.15, 0.2) is 5.78 Å². The lowest BCUT2D eigenvalue weighted by Crippen LogP contribution is -1.95. The molecule has 0 unspecified atom stereocenters. The summed E-state index contributed by atoms with van der Waals surface area (Å²) in [5, 5.41) is 1.05. The SMILES string of the molecule is O=C(/C=C/c1ccccc1F)c1ccccc1N=Cc1c(-c2ccccc2)[nH]c2ccccc12. The van der Waals surface area contributed by atoms with Crippen LogP contribution in [0.1, 0.15) is 21.5 Å². The van der Waals surface area contributed by atoms with E-state index in [1.54, 1.807) is 42.6 Å². The minimum atomic E-state index is -0.370. The van der Waals surface area contributed by atoms with E-state index in [9.17, 15) is 9.18 Å². The van der Waals surface area contributed by atoms with E-state index in [2.05, 4.69) is 4.98 Å². The molecule has 0 atom stereocenters. The van der Waals surface area contributed by atoms with Crippen molar-refractivity contribution < 1.29 is 9.18 Å². The minimum absolute atomic E-state index is 0.238. The van der Waals surface area contributed by atoms with Gasteiger partial charge >= 0.3 is 0 Å². The summed E-state index contributed by atoms with van der Waals surface area (Å²) in [5.74, 6) is -0.608. The topological polar surface area (TPSA) is 45.2 Å². The fraction of sp³-hybridized carbons (Fsp3) is 0. The second kappa shape index (κ2) is 9.51. The van der Waals surface area contributed by atoms with Crippen LogP contribution in [0.5, 0.6) is 0 Å². The van der Waals surface area contributed by atoms with Crippen LogP contribution in [0.4, 0.5) is 10.1 Å². The van der Waals surface area contributed by atoms with E-state index in [4.69, 9.17) is 4.99 Å². The Labute approximate surface area is 196 Å². The first-order valence-corrected chi connectivity index (χ1v) is 11.0. The van der Waals surface area contributed by atoms with Gasteiger partial charge in [-0.25, -0.2) is 4.39 Å². The molecule has 1 N–H and O–H groups in total. The minimum Gasteiger partial charge on any atom is -0.354 e. The first-order valence-electron chi connectivity index (χ1n) is 11.0. The van der Waals surface area contributed by atoms with Crippen molar-refractivity contribution in [3.8, 4) is 11.3 Å². The predicted molar refractivity (Wildman–Crippen MR) is 137 cm³/mol. The van der Waals surface area contributed by atoms with Crippen LogP contribution in [-0.4, -0.2) is 17.0 Å². The maximum Gasteiger partial charge on any atom is 0.188 e. The molecule has 0 fully saturated rings. The highest BCUT2D eigenvalue weighted by Crippen LogP contribution is 2.30. The van der Waals surface area contributed by atoms with Crippen molar-refractivity contribution in [2.24, 2.45) is 4.99 Å². The summed E-state index contributed by atoms with van der Waals surface area (Å²) >= 11 is 0. The number of rotatable bonds is 6. The number of halogens is 1. The zero-order valence-corrected chi connectivity index (χ0v) is 18.3. The van der Waals surface area contributed by atoms with Gasteiger partial charge in [-0.15, -0.1) is 0 Å². The van der Waals surface area contributed by atoms with Gasteiger partial charge in [-0.1, -0.05) is 78.9 Å². The number of carbonyl (C=O) groups is 1. The van der Waals surface area contributed by atoms with E-state index < -0.39 is 0 Å². The van der Waals surface area contributed by atoms with Gasteiger partial charge in [0, 0.05) is 33.8 Å². The Morgan fingerprint density at radius 2 is 1.50 bits per heavy atom. The quantitative estimate of drug-likeness (QED) is 0.163. The average molecular weight is 445 g/mol. The van der Waals surface area contributed by atoms with E-state index in [-0.39, 0.29) is 11.6 Å². The molecule has 5 aromatic rings. The highest BCUT2D eigenvalue weighted by atomic mass is 19.1. The van der Waals surface area contributed by atoms with Crippen molar-refractivity contribution in [1.29, 1.82) is 0 Å². The molecule has 0 saturated heterocycles. The number of nitrogens with one attached hydrogen (secondary N) is 1. The molecular weight excluding hydrogens is 423 g/mol. The van der Waals surface area contributed by atoms with Gasteiger partial charge in [-0.05, 0) is 42.0 Å². The van der Waals surface area contributed by atoms with Crippen molar-refractivity contribution in [3.05, 3.63) is 132 Å². The van der Waals surface area contributed by atoms with Gasteiger partial charge in [0.25, 0.3) is 0 Å². The second-order valence-electron chi connectivity index (χ2n) is 7.82. The molecule has 5 rings (SSSR count). The molecule has 164 valence electrons. The maximum atomic E-state index is 13.9. The normalized spacial score (nSPS) is 11.6. The molecule has 0 saturated carbocycles. The van der Waals surface area contributed by atoms with E-state index in [1.165, 1.54) is 18.2 Å². The summed E-state index contributed by atoms with van der Waals surface area (Å²) in [6.07, 6.45) is 4.67. The predicted octanol–water partition coefficient (Wildman–Crippen LogP) is 7.62. The first kappa shape index (κ1) is 21.3. The third-order valence-corrected chi connectivity index (χ3v) is 5.63. The highest BCUT2D eigenvalue weighted by molar-refractivity contribution is 6.11. The number of aromatic amines is 1. The third kappa shape index (κ3) is 4.34. The largest absolute Gasteiger partial charge is 0.354 e. The Balaban J connectivity index is 1.52. The monoisotopic (exact) mass is 444 g/mol. The van der Waals surface area contributed by atoms with Gasteiger partial charge in [0.2, 0.25) is 0 Å². The van der Waals surface area contributed by atoms with Crippen molar-refractivity contribution >= 4 is 34.7 Å². The number of hydrogen-bond acceptors (Lipinski definition) is 2. The van der Waals surface area contributed by atoms with Crippen molar-refractivity contribution in [2.45, 2.75) is 0 Å². The summed E-state index contributed by atoms with van der Waals surface area (Å²) in [6, 6.07) is 31.7. The number of nitrogens with zero attached hydrogens (tertiary/aromatic N) is 1. The van der Waals surface area contributed by atoms with E-state index >= 15 is 0 Å². The van der Waals surface area contributed by atoms with Gasteiger partial charge in [0.05, 0.1) is 11.4 Å². The molecule has 0 spiro atoms. The van der Waals surface area contributed by atoms with E-state index in [1.807, 2.05) is 60.7 Å². The van der Waals surface area contributed by atoms with E-state index in [0.717, 1.165) is 27.7 Å². The van der Waals surface area contributed by atoms with Crippen LogP contribution >= 0.6 is 0 Å². The number of fused-ring (bicyclic) bond motifs is 1. The van der Waals surface area contributed by atoms with Crippen LogP contribution < -0.4 is 0 Å². The number of ketones is 1. The number of benzene rings is 4. The maximum absolute atomic E-state index is 13.9. The van der Waals surface area contributed by atoms with Crippen molar-refractivity contribution in [1.82, 2.24) is 4.98 Å². The number of aromatic nitrogens is 1. The smallest absolute Gasteiger partial charge is 0.188 e. The standard InChI is InChI=1S/C30H21FN2O/c31-26-15-7-4-10-21(26)18-19-29(34)24-14-6-8-16-27(24)32-20-25-23-13-5-9-17-28(23)33-30(25)22-11-2-1-3-12-22/h1-20,33H/b19-18+,32-20?. The van der Waals surface area contributed by atoms with Crippen LogP contribution in [0.2, 0.25) is 0 Å². The summed E-state index contributed by atoms with van der Waals surface area (Å²) in [6.45, 7) is 0. The molecule has 4 heteroatoms. The lowest BCUT2D eigenvalue weighted by atomic mass is 10.1. The van der Waals surface area contributed by atoms with Crippen LogP contribution in [-0.2, 0) is 0 Å². The fourth-order valence-electron chi connectivity index (χ4n) is 3.92. The molecule has 34 heavy (non-hydrogen) atoms. The Kier molecular flexibility index (Phi) is 5.95. The van der Waals surface area contributed by atoms with Crippen LogP contribution in [0.25, 0.3) is 28.2 Å². The number of allylic oxidation sites excluding steroid dienone is 1. The zero-order chi connectivity index (χ0) is 23.3. The summed E-state index contributed by atoms with van der Waals surface area (Å²) in [7, 11) is 0. The molecule has 4 aromatic carbocycles. The van der Waals surface area contributed by atoms with Crippen LogP contribution in [0.15, 0.2) is 114 Å². The lowest BCUT2D eigenvalue weighted by molar-refractivity contribution is 0.104. The molecular formula is C30H21FN2O. The molecule has 1 aromatic heterocycles. The highest BCUT2D eigenvalue weighted by Gasteiger charge is 2.12. The van der Waals surface area contributed by atoms with Crippen molar-refractivity contribution in [2.75, 3.05) is 0 Å². The molecule has 0 bridgehead atoms. The van der Waals surface area contributed by atoms with E-state index in [0.29, 0.717) is 16.8 Å². The Hall–Kier alpha value is -4.57. The molecule has 0 aliphatic heterocycles. The number of para-hydroxylation sites is 2. The molecule has 0 radical (unpaired) electrons. The zero-order valence-electron chi connectivity index (χ0n) is 18.3. The fourth-order valence-corrected chi connectivity index (χ4v) is 3.92. The second-order valence-corrected chi connectivity index (χ2v) is 7.82. The molecule has 0 aliphatic rings. The molecule has 1 heterocycles. The Morgan fingerprint density at radius 3 is 2.35 bits per heavy atom. The number of H-pyrrole nitrogens is 1. The molecule has 0 amide bonds. The third-order valence-electron chi connectivity index (χ3n) is 5.63. The van der Waals surface area contributed by atoms with Gasteiger partial charge in [-0.3, -0.25) is 9.79 Å². The number of carbonyl (C=O) groups excluding carboxylic acids is 1. The van der Waals surface area contributed by atoms with Gasteiger partial charge in [-0.2, -0.15) is 0 Å². The van der Waals surface area contributed by atoms with Gasteiger partial charge in [0.1, 0.15) is 5.82 Å². The van der Waals surface area contributed by atoms with Crippen LogP contribution in [0, 0.1) is 5.82 Å². The van der Waals surface area contributed by atoms with Crippen molar-refractivity contribution in [3.63, 3.8) is 0 Å². The van der Waals surface area contributed by atoms with Crippen LogP contribution in [0.3, 0.4) is 0 Å². The number of hydrogen-bond donors (Lipinski definition) is 1.